The summed E-state index contributed by atoms with van der Waals surface area (Å²) in [5.74, 6) is -1.52. The van der Waals surface area contributed by atoms with E-state index in [4.69, 9.17) is 9.15 Å². The first-order valence-corrected chi connectivity index (χ1v) is 5.59. The van der Waals surface area contributed by atoms with Gasteiger partial charge in [-0.1, -0.05) is 0 Å². The Morgan fingerprint density at radius 1 is 1.42 bits per heavy atom. The Balaban J connectivity index is 2.56. The van der Waals surface area contributed by atoms with Crippen molar-refractivity contribution in [3.8, 4) is 18.2 Å². The number of esters is 1. The fraction of sp³-hybridized carbons (Fsp3) is 0.385. The van der Waals surface area contributed by atoms with Crippen molar-refractivity contribution in [3.05, 3.63) is 24.2 Å². The van der Waals surface area contributed by atoms with E-state index in [0.29, 0.717) is 0 Å². The Morgan fingerprint density at radius 2 is 2.11 bits per heavy atom. The van der Waals surface area contributed by atoms with Crippen LogP contribution in [-0.4, -0.2) is 12.6 Å². The minimum atomic E-state index is -1.82. The molecule has 0 unspecified atom stereocenters. The molecule has 0 saturated heterocycles. The van der Waals surface area contributed by atoms with Crippen molar-refractivity contribution in [2.24, 2.45) is 10.8 Å². The highest BCUT2D eigenvalue weighted by atomic mass is 16.5. The Labute approximate surface area is 109 Å². The Bertz CT molecular complexity index is 616. The van der Waals surface area contributed by atoms with Gasteiger partial charge >= 0.3 is 5.97 Å². The van der Waals surface area contributed by atoms with Gasteiger partial charge in [0.25, 0.3) is 0 Å². The van der Waals surface area contributed by atoms with E-state index in [9.17, 15) is 20.6 Å². The molecule has 1 aromatic heterocycles. The number of rotatable bonds is 3. The highest BCUT2D eigenvalue weighted by Gasteiger charge is 2.87. The van der Waals surface area contributed by atoms with E-state index >= 15 is 0 Å². The molecule has 0 aliphatic heterocycles. The van der Waals surface area contributed by atoms with E-state index in [1.807, 2.05) is 0 Å². The predicted octanol–water partition coefficient (Wildman–Crippen LogP) is 1.48. The molecule has 19 heavy (non-hydrogen) atoms. The Morgan fingerprint density at radius 3 is 2.53 bits per heavy atom. The summed E-state index contributed by atoms with van der Waals surface area (Å²) in [6, 6.07) is 8.45. The molecule has 1 fully saturated rings. The molecule has 2 atom stereocenters. The van der Waals surface area contributed by atoms with Gasteiger partial charge < -0.3 is 9.15 Å². The summed E-state index contributed by atoms with van der Waals surface area (Å²) in [6.07, 6.45) is 1.36. The first-order valence-electron chi connectivity index (χ1n) is 5.59. The van der Waals surface area contributed by atoms with E-state index in [1.54, 1.807) is 31.2 Å². The van der Waals surface area contributed by atoms with Gasteiger partial charge in [0.2, 0.25) is 0 Å². The van der Waals surface area contributed by atoms with Crippen LogP contribution < -0.4 is 0 Å². The third-order valence-corrected chi connectivity index (χ3v) is 3.36. The lowest BCUT2D eigenvalue weighted by Crippen LogP contribution is -2.24. The molecule has 6 heteroatoms. The zero-order chi connectivity index (χ0) is 14.1. The Kier molecular flexibility index (Phi) is 2.77. The molecule has 1 heterocycles. The normalized spacial score (nSPS) is 26.5. The van der Waals surface area contributed by atoms with Crippen molar-refractivity contribution in [2.45, 2.75) is 12.8 Å². The minimum Gasteiger partial charge on any atom is -0.469 e. The molecule has 0 N–H and O–H groups in total. The lowest BCUT2D eigenvalue weighted by Gasteiger charge is -2.07. The molecule has 1 saturated carbocycles. The average Bonchev–Trinajstić information content (AvgIpc) is 2.73. The molecule has 6 nitrogen and oxygen atoms in total. The number of nitriles is 3. The van der Waals surface area contributed by atoms with Crippen LogP contribution in [0.25, 0.3) is 0 Å². The van der Waals surface area contributed by atoms with Gasteiger partial charge in [-0.25, -0.2) is 0 Å². The monoisotopic (exact) mass is 255 g/mol. The van der Waals surface area contributed by atoms with Crippen LogP contribution in [0.3, 0.4) is 0 Å². The van der Waals surface area contributed by atoms with Crippen LogP contribution in [0.5, 0.6) is 0 Å². The van der Waals surface area contributed by atoms with Crippen LogP contribution in [0.15, 0.2) is 22.8 Å². The first kappa shape index (κ1) is 12.7. The zero-order valence-corrected chi connectivity index (χ0v) is 10.1. The van der Waals surface area contributed by atoms with Crippen molar-refractivity contribution in [3.63, 3.8) is 0 Å². The number of nitrogens with zero attached hydrogens (tertiary/aromatic N) is 3. The maximum atomic E-state index is 12.0. The van der Waals surface area contributed by atoms with Gasteiger partial charge in [0.1, 0.15) is 5.76 Å². The maximum absolute atomic E-state index is 12.0. The fourth-order valence-corrected chi connectivity index (χ4v) is 2.41. The van der Waals surface area contributed by atoms with E-state index in [-0.39, 0.29) is 12.4 Å². The molecule has 0 spiro atoms. The van der Waals surface area contributed by atoms with Gasteiger partial charge in [0.05, 0.1) is 37.0 Å². The summed E-state index contributed by atoms with van der Waals surface area (Å²) < 4.78 is 9.98. The molecular formula is C13H9N3O3. The summed E-state index contributed by atoms with van der Waals surface area (Å²) >= 11 is 0. The van der Waals surface area contributed by atoms with Crippen molar-refractivity contribution in [1.29, 1.82) is 15.8 Å². The number of hydrogen-bond acceptors (Lipinski definition) is 6. The maximum Gasteiger partial charge on any atom is 0.330 e. The predicted molar refractivity (Wildman–Crippen MR) is 59.8 cm³/mol. The zero-order valence-electron chi connectivity index (χ0n) is 10.1. The summed E-state index contributed by atoms with van der Waals surface area (Å²) in [7, 11) is 0. The average molecular weight is 255 g/mol. The third-order valence-electron chi connectivity index (χ3n) is 3.36. The second-order valence-corrected chi connectivity index (χ2v) is 4.12. The molecule has 1 aromatic rings. The number of ether oxygens (including phenoxy) is 1. The second-order valence-electron chi connectivity index (χ2n) is 4.12. The van der Waals surface area contributed by atoms with E-state index in [2.05, 4.69) is 0 Å². The number of furan rings is 1. The number of carbonyl (C=O) groups excluding carboxylic acids is 1. The van der Waals surface area contributed by atoms with Crippen LogP contribution in [0.2, 0.25) is 0 Å². The largest absolute Gasteiger partial charge is 0.469 e. The first-order chi connectivity index (χ1) is 9.14. The molecule has 94 valence electrons. The lowest BCUT2D eigenvalue weighted by molar-refractivity contribution is -0.148. The van der Waals surface area contributed by atoms with Crippen LogP contribution in [0.4, 0.5) is 0 Å². The molecule has 1 aliphatic rings. The van der Waals surface area contributed by atoms with Crippen LogP contribution in [0.1, 0.15) is 18.6 Å². The molecule has 0 radical (unpaired) electrons. The summed E-state index contributed by atoms with van der Waals surface area (Å²) in [5.41, 5.74) is -3.57. The fourth-order valence-electron chi connectivity index (χ4n) is 2.41. The lowest BCUT2D eigenvalue weighted by atomic mass is 9.97. The smallest absolute Gasteiger partial charge is 0.330 e. The minimum absolute atomic E-state index is 0.0695. The molecule has 1 aliphatic carbocycles. The summed E-state index contributed by atoms with van der Waals surface area (Å²) in [6.45, 7) is 1.66. The van der Waals surface area contributed by atoms with Gasteiger partial charge in [-0.05, 0) is 19.1 Å². The SMILES string of the molecule is CCOC(=O)[C@@]1(C#N)[C@@H](c2ccco2)C1(C#N)C#N. The van der Waals surface area contributed by atoms with Crippen molar-refractivity contribution in [1.82, 2.24) is 0 Å². The topological polar surface area (TPSA) is 111 Å². The second kappa shape index (κ2) is 4.15. The van der Waals surface area contributed by atoms with Crippen LogP contribution in [-0.2, 0) is 9.53 Å². The van der Waals surface area contributed by atoms with E-state index < -0.39 is 22.7 Å². The quantitative estimate of drug-likeness (QED) is 0.756. The molecule has 0 aromatic carbocycles. The molecule has 2 rings (SSSR count). The van der Waals surface area contributed by atoms with E-state index in [1.165, 1.54) is 12.3 Å². The number of carbonyl (C=O) groups is 1. The summed E-state index contributed by atoms with van der Waals surface area (Å²) in [5, 5.41) is 27.8. The molecular weight excluding hydrogens is 246 g/mol. The van der Waals surface area contributed by atoms with Crippen molar-refractivity contribution >= 4 is 5.97 Å². The highest BCUT2D eigenvalue weighted by Crippen LogP contribution is 2.74. The number of hydrogen-bond donors (Lipinski definition) is 0. The van der Waals surface area contributed by atoms with Crippen molar-refractivity contribution < 1.29 is 13.9 Å². The highest BCUT2D eigenvalue weighted by molar-refractivity contribution is 5.91. The van der Waals surface area contributed by atoms with Gasteiger partial charge in [-0.15, -0.1) is 0 Å². The van der Waals surface area contributed by atoms with Gasteiger partial charge in [0, 0.05) is 0 Å². The summed E-state index contributed by atoms with van der Waals surface area (Å²) in [4.78, 5) is 12.0. The van der Waals surface area contributed by atoms with E-state index in [0.717, 1.165) is 0 Å². The van der Waals surface area contributed by atoms with Crippen molar-refractivity contribution in [2.75, 3.05) is 6.61 Å². The molecule has 0 amide bonds. The Hall–Kier alpha value is -2.78. The van der Waals surface area contributed by atoms with Gasteiger partial charge in [-0.3, -0.25) is 4.79 Å². The molecule has 0 bridgehead atoms. The third kappa shape index (κ3) is 1.30. The van der Waals surface area contributed by atoms with Crippen LogP contribution >= 0.6 is 0 Å². The van der Waals surface area contributed by atoms with Gasteiger partial charge in [0.15, 0.2) is 10.8 Å². The van der Waals surface area contributed by atoms with Crippen LogP contribution in [0, 0.1) is 44.8 Å². The van der Waals surface area contributed by atoms with Gasteiger partial charge in [-0.2, -0.15) is 15.8 Å². The standard InChI is InChI=1S/C13H9N3O3/c1-2-18-11(17)13(8-16)10(9-4-3-5-19-9)12(13,6-14)7-15/h3-5,10H,2H2,1H3/t10-,13+/m0/s1.